The molecule has 0 spiro atoms. The van der Waals surface area contributed by atoms with Crippen molar-refractivity contribution in [2.24, 2.45) is 5.73 Å². The Bertz CT molecular complexity index is 750. The predicted molar refractivity (Wildman–Crippen MR) is 105 cm³/mol. The van der Waals surface area contributed by atoms with Crippen LogP contribution in [-0.4, -0.2) is 19.0 Å². The van der Waals surface area contributed by atoms with E-state index < -0.39 is 6.03 Å². The van der Waals surface area contributed by atoms with Crippen molar-refractivity contribution < 1.29 is 9.53 Å². The number of carbonyl (C=O) groups is 1. The minimum absolute atomic E-state index is 0.313. The Balaban J connectivity index is 2.40. The lowest BCUT2D eigenvalue weighted by molar-refractivity contribution is 0.250. The third-order valence-corrected chi connectivity index (χ3v) is 4.13. The second-order valence-electron chi connectivity index (χ2n) is 5.85. The van der Waals surface area contributed by atoms with Gasteiger partial charge in [-0.15, -0.1) is 0 Å². The van der Waals surface area contributed by atoms with Gasteiger partial charge in [-0.05, 0) is 41.7 Å². The van der Waals surface area contributed by atoms with Crippen LogP contribution in [0.3, 0.4) is 0 Å². The molecule has 0 aromatic heterocycles. The van der Waals surface area contributed by atoms with Gasteiger partial charge in [-0.25, -0.2) is 9.69 Å². The lowest BCUT2D eigenvalue weighted by Crippen LogP contribution is -2.47. The molecule has 26 heavy (non-hydrogen) atoms. The average Bonchev–Trinajstić information content (AvgIpc) is 2.67. The summed E-state index contributed by atoms with van der Waals surface area (Å²) >= 11 is 0. The van der Waals surface area contributed by atoms with Gasteiger partial charge in [-0.3, -0.25) is 5.41 Å². The number of carbonyl (C=O) groups excluding carboxylic acids is 1. The van der Waals surface area contributed by atoms with Crippen molar-refractivity contribution in [2.45, 2.75) is 33.3 Å². The van der Waals surface area contributed by atoms with Gasteiger partial charge in [0.2, 0.25) is 5.96 Å². The number of nitrogens with two attached hydrogens (primary N) is 1. The summed E-state index contributed by atoms with van der Waals surface area (Å²) in [5, 5.41) is 10.4. The molecule has 0 bridgehead atoms. The summed E-state index contributed by atoms with van der Waals surface area (Å²) in [6.07, 6.45) is 1.37. The van der Waals surface area contributed by atoms with Gasteiger partial charge >= 0.3 is 6.03 Å². The number of benzene rings is 2. The molecule has 2 aromatic carbocycles. The van der Waals surface area contributed by atoms with Crippen LogP contribution >= 0.6 is 0 Å². The zero-order valence-electron chi connectivity index (χ0n) is 15.5. The maximum absolute atomic E-state index is 12.2. The number of guanidine groups is 1. The quantitative estimate of drug-likeness (QED) is 0.548. The number of amides is 2. The molecule has 0 saturated carbocycles. The first-order chi connectivity index (χ1) is 12.5. The summed E-state index contributed by atoms with van der Waals surface area (Å²) in [4.78, 5) is 13.5. The molecule has 0 heterocycles. The molecule has 0 unspecified atom stereocenters. The fourth-order valence-corrected chi connectivity index (χ4v) is 2.82. The first kappa shape index (κ1) is 19.3. The zero-order chi connectivity index (χ0) is 19.1. The number of aryl methyl sites for hydroxylation is 2. The van der Waals surface area contributed by atoms with E-state index in [1.807, 2.05) is 56.3 Å². The van der Waals surface area contributed by atoms with Crippen molar-refractivity contribution in [1.82, 2.24) is 5.32 Å². The molecule has 0 fully saturated rings. The van der Waals surface area contributed by atoms with E-state index >= 15 is 0 Å². The van der Waals surface area contributed by atoms with Gasteiger partial charge in [-0.2, -0.15) is 0 Å². The Labute approximate surface area is 154 Å². The first-order valence-electron chi connectivity index (χ1n) is 8.70. The molecule has 6 nitrogen and oxygen atoms in total. The highest BCUT2D eigenvalue weighted by molar-refractivity contribution is 6.14. The summed E-state index contributed by atoms with van der Waals surface area (Å²) in [5.74, 6) is 0.429. The lowest BCUT2D eigenvalue weighted by atomic mass is 10.0. The van der Waals surface area contributed by atoms with E-state index in [1.165, 1.54) is 11.9 Å². The maximum Gasteiger partial charge on any atom is 0.328 e. The van der Waals surface area contributed by atoms with Crippen molar-refractivity contribution in [1.29, 1.82) is 5.41 Å². The zero-order valence-corrected chi connectivity index (χ0v) is 15.5. The smallest absolute Gasteiger partial charge is 0.328 e. The molecular formula is C20H26N4O2. The number of anilines is 1. The molecule has 2 aromatic rings. The maximum atomic E-state index is 12.2. The minimum Gasteiger partial charge on any atom is -0.489 e. The van der Waals surface area contributed by atoms with Crippen LogP contribution in [0.2, 0.25) is 0 Å². The van der Waals surface area contributed by atoms with E-state index in [2.05, 4.69) is 5.32 Å². The van der Waals surface area contributed by atoms with E-state index in [1.54, 1.807) is 0 Å². The van der Waals surface area contributed by atoms with Gasteiger partial charge in [0.05, 0.1) is 5.69 Å². The van der Waals surface area contributed by atoms with Crippen LogP contribution in [0.1, 0.15) is 30.5 Å². The van der Waals surface area contributed by atoms with E-state index in [9.17, 15) is 4.79 Å². The molecule has 2 amide bonds. The van der Waals surface area contributed by atoms with Crippen molar-refractivity contribution in [3.05, 3.63) is 59.2 Å². The Morgan fingerprint density at radius 3 is 2.19 bits per heavy atom. The number of nitrogens with zero attached hydrogens (tertiary/aromatic N) is 1. The van der Waals surface area contributed by atoms with E-state index in [0.29, 0.717) is 25.1 Å². The molecule has 0 atom stereocenters. The number of urea groups is 1. The molecule has 0 radical (unpaired) electrons. The molecule has 0 aliphatic rings. The molecule has 0 aliphatic carbocycles. The predicted octanol–water partition coefficient (Wildman–Crippen LogP) is 3.43. The van der Waals surface area contributed by atoms with Crippen molar-refractivity contribution in [2.75, 3.05) is 11.9 Å². The summed E-state index contributed by atoms with van der Waals surface area (Å²) in [6, 6.07) is 13.3. The van der Waals surface area contributed by atoms with Crippen LogP contribution in [0.25, 0.3) is 0 Å². The second-order valence-corrected chi connectivity index (χ2v) is 5.85. The topological polar surface area (TPSA) is 91.4 Å². The summed E-state index contributed by atoms with van der Waals surface area (Å²) in [6.45, 7) is 4.47. The van der Waals surface area contributed by atoms with Crippen LogP contribution in [0, 0.1) is 5.41 Å². The Morgan fingerprint density at radius 2 is 1.73 bits per heavy atom. The van der Waals surface area contributed by atoms with Gasteiger partial charge in [0, 0.05) is 7.05 Å². The fourth-order valence-electron chi connectivity index (χ4n) is 2.82. The van der Waals surface area contributed by atoms with Crippen molar-refractivity contribution in [3.8, 4) is 5.75 Å². The summed E-state index contributed by atoms with van der Waals surface area (Å²) in [5.41, 5.74) is 9.25. The van der Waals surface area contributed by atoms with Crippen molar-refractivity contribution in [3.63, 3.8) is 0 Å². The van der Waals surface area contributed by atoms with Gasteiger partial charge in [-0.1, -0.05) is 44.2 Å². The monoisotopic (exact) mass is 354 g/mol. The number of ether oxygens (including phenoxy) is 1. The summed E-state index contributed by atoms with van der Waals surface area (Å²) < 4.78 is 5.96. The van der Waals surface area contributed by atoms with Gasteiger partial charge < -0.3 is 15.8 Å². The Kier molecular flexibility index (Phi) is 6.60. The molecule has 0 saturated heterocycles. The van der Waals surface area contributed by atoms with Gasteiger partial charge in [0.15, 0.2) is 0 Å². The van der Waals surface area contributed by atoms with Crippen LogP contribution in [0.5, 0.6) is 5.75 Å². The Hall–Kier alpha value is -3.02. The molecule has 138 valence electrons. The number of hydrogen-bond donors (Lipinski definition) is 3. The second kappa shape index (κ2) is 8.89. The first-order valence-corrected chi connectivity index (χ1v) is 8.70. The molecule has 4 N–H and O–H groups in total. The largest absolute Gasteiger partial charge is 0.489 e. The van der Waals surface area contributed by atoms with Gasteiger partial charge in [0.25, 0.3) is 0 Å². The van der Waals surface area contributed by atoms with Gasteiger partial charge in [0.1, 0.15) is 12.4 Å². The number of rotatable bonds is 6. The van der Waals surface area contributed by atoms with Crippen LogP contribution in [0.4, 0.5) is 10.5 Å². The van der Waals surface area contributed by atoms with E-state index in [-0.39, 0.29) is 5.96 Å². The van der Waals surface area contributed by atoms with Crippen LogP contribution in [-0.2, 0) is 19.4 Å². The van der Waals surface area contributed by atoms with Crippen LogP contribution in [0.15, 0.2) is 42.5 Å². The highest BCUT2D eigenvalue weighted by Crippen LogP contribution is 2.32. The highest BCUT2D eigenvalue weighted by atomic mass is 16.5. The standard InChI is InChI=1S/C20H26N4O2/c1-4-15-11-17(26-13-14-9-7-6-8-10-14)12-16(5-2)18(15)24(19(21)22)20(25)23-3/h6-12H,4-5,13H2,1-3H3,(H3,21,22)(H,23,25). The van der Waals surface area contributed by atoms with E-state index in [0.717, 1.165) is 22.4 Å². The minimum atomic E-state index is -0.431. The lowest BCUT2D eigenvalue weighted by Gasteiger charge is -2.26. The third kappa shape index (κ3) is 4.33. The molecule has 2 rings (SSSR count). The fraction of sp³-hybridized carbons (Fsp3) is 0.300. The highest BCUT2D eigenvalue weighted by Gasteiger charge is 2.23. The Morgan fingerprint density at radius 1 is 1.15 bits per heavy atom. The molecular weight excluding hydrogens is 328 g/mol. The molecule has 6 heteroatoms. The van der Waals surface area contributed by atoms with Crippen LogP contribution < -0.4 is 20.7 Å². The molecule has 0 aliphatic heterocycles. The third-order valence-electron chi connectivity index (χ3n) is 4.13. The normalized spacial score (nSPS) is 10.3. The average molecular weight is 354 g/mol. The van der Waals surface area contributed by atoms with E-state index in [4.69, 9.17) is 15.9 Å². The number of hydrogen-bond acceptors (Lipinski definition) is 3. The van der Waals surface area contributed by atoms with Crippen molar-refractivity contribution >= 4 is 17.7 Å². The number of nitrogens with one attached hydrogen (secondary N) is 2. The summed E-state index contributed by atoms with van der Waals surface area (Å²) in [7, 11) is 1.52. The SMILES string of the molecule is CCc1cc(OCc2ccccc2)cc(CC)c1N(C(=N)N)C(=O)NC.